The van der Waals surface area contributed by atoms with Crippen LogP contribution in [0.15, 0.2) is 24.3 Å². The Morgan fingerprint density at radius 3 is 2.40 bits per heavy atom. The minimum Gasteiger partial charge on any atom is -0.493 e. The molecule has 1 atom stereocenters. The van der Waals surface area contributed by atoms with Gasteiger partial charge >= 0.3 is 5.97 Å². The Labute approximate surface area is 125 Å². The Morgan fingerprint density at radius 2 is 1.90 bits per heavy atom. The maximum atomic E-state index is 10.5. The fraction of sp³-hybridized carbons (Fsp3) is 0.562. The van der Waals surface area contributed by atoms with Gasteiger partial charge in [0.1, 0.15) is 5.75 Å². The standard InChI is InChI=1S/C16H24O3S/c1-12(11-15(17)18)20-10-9-19-14-7-5-13(6-8-14)16(2,3)4/h5-8,12H,9-11H2,1-4H3,(H,17,18). The number of carboxylic acid groups (broad SMARTS) is 1. The second kappa shape index (κ2) is 7.58. The van der Waals surface area contributed by atoms with Crippen LogP contribution in [0.5, 0.6) is 5.75 Å². The Hall–Kier alpha value is -1.16. The van der Waals surface area contributed by atoms with E-state index in [2.05, 4.69) is 32.9 Å². The highest BCUT2D eigenvalue weighted by Gasteiger charge is 2.13. The molecule has 0 spiro atoms. The van der Waals surface area contributed by atoms with E-state index in [4.69, 9.17) is 9.84 Å². The molecule has 1 rings (SSSR count). The summed E-state index contributed by atoms with van der Waals surface area (Å²) >= 11 is 1.63. The lowest BCUT2D eigenvalue weighted by Gasteiger charge is -2.19. The third-order valence-corrected chi connectivity index (χ3v) is 4.07. The predicted molar refractivity (Wildman–Crippen MR) is 84.8 cm³/mol. The van der Waals surface area contributed by atoms with Gasteiger partial charge in [-0.1, -0.05) is 39.8 Å². The number of hydrogen-bond donors (Lipinski definition) is 1. The zero-order chi connectivity index (χ0) is 15.2. The van der Waals surface area contributed by atoms with Crippen LogP contribution in [0.3, 0.4) is 0 Å². The lowest BCUT2D eigenvalue weighted by molar-refractivity contribution is -0.136. The summed E-state index contributed by atoms with van der Waals surface area (Å²) in [5.74, 6) is 0.920. The number of rotatable bonds is 7. The van der Waals surface area contributed by atoms with Crippen molar-refractivity contribution in [1.29, 1.82) is 0 Å². The van der Waals surface area contributed by atoms with Crippen LogP contribution in [0.2, 0.25) is 0 Å². The van der Waals surface area contributed by atoms with Crippen molar-refractivity contribution in [2.45, 2.75) is 44.8 Å². The molecule has 112 valence electrons. The fourth-order valence-electron chi connectivity index (χ4n) is 1.76. The molecule has 0 saturated carbocycles. The van der Waals surface area contributed by atoms with Crippen molar-refractivity contribution in [3.05, 3.63) is 29.8 Å². The molecule has 0 fully saturated rings. The average Bonchev–Trinajstić information content (AvgIpc) is 2.33. The van der Waals surface area contributed by atoms with E-state index in [0.717, 1.165) is 11.5 Å². The Bertz CT molecular complexity index is 420. The first-order chi connectivity index (χ1) is 9.29. The molecule has 0 aliphatic heterocycles. The normalized spacial score (nSPS) is 13.0. The topological polar surface area (TPSA) is 46.5 Å². The molecule has 1 aromatic rings. The molecule has 0 aliphatic rings. The van der Waals surface area contributed by atoms with Crippen LogP contribution in [0, 0.1) is 0 Å². The number of carbonyl (C=O) groups is 1. The van der Waals surface area contributed by atoms with Crippen molar-refractivity contribution in [2.75, 3.05) is 12.4 Å². The van der Waals surface area contributed by atoms with Gasteiger partial charge in [0.15, 0.2) is 0 Å². The summed E-state index contributed by atoms with van der Waals surface area (Å²) in [6, 6.07) is 8.17. The second-order valence-electron chi connectivity index (χ2n) is 5.90. The molecule has 3 nitrogen and oxygen atoms in total. The lowest BCUT2D eigenvalue weighted by atomic mass is 9.87. The van der Waals surface area contributed by atoms with Crippen LogP contribution in [0.1, 0.15) is 39.7 Å². The number of aliphatic carboxylic acids is 1. The van der Waals surface area contributed by atoms with E-state index in [9.17, 15) is 4.79 Å². The molecule has 0 saturated heterocycles. The van der Waals surface area contributed by atoms with Gasteiger partial charge in [0, 0.05) is 11.0 Å². The molecule has 1 N–H and O–H groups in total. The van der Waals surface area contributed by atoms with Crippen LogP contribution in [0.25, 0.3) is 0 Å². The first-order valence-electron chi connectivity index (χ1n) is 6.86. The molecule has 0 aliphatic carbocycles. The van der Waals surface area contributed by atoms with Crippen molar-refractivity contribution >= 4 is 17.7 Å². The summed E-state index contributed by atoms with van der Waals surface area (Å²) in [6.07, 6.45) is 0.199. The van der Waals surface area contributed by atoms with Gasteiger partial charge in [-0.2, -0.15) is 11.8 Å². The summed E-state index contributed by atoms with van der Waals surface area (Å²) in [4.78, 5) is 10.5. The molecule has 0 bridgehead atoms. The maximum Gasteiger partial charge on any atom is 0.304 e. The quantitative estimate of drug-likeness (QED) is 0.774. The van der Waals surface area contributed by atoms with Gasteiger partial charge in [-0.05, 0) is 23.1 Å². The van der Waals surface area contributed by atoms with Crippen molar-refractivity contribution in [2.24, 2.45) is 0 Å². The number of carboxylic acids is 1. The Morgan fingerprint density at radius 1 is 1.30 bits per heavy atom. The third-order valence-electron chi connectivity index (χ3n) is 2.94. The molecular formula is C16H24O3S. The van der Waals surface area contributed by atoms with Gasteiger partial charge in [0.25, 0.3) is 0 Å². The van der Waals surface area contributed by atoms with E-state index in [0.29, 0.717) is 6.61 Å². The zero-order valence-corrected chi connectivity index (χ0v) is 13.5. The van der Waals surface area contributed by atoms with Gasteiger partial charge in [-0.15, -0.1) is 0 Å². The van der Waals surface area contributed by atoms with Crippen molar-refractivity contribution in [3.63, 3.8) is 0 Å². The van der Waals surface area contributed by atoms with Gasteiger partial charge < -0.3 is 9.84 Å². The molecule has 0 radical (unpaired) electrons. The largest absolute Gasteiger partial charge is 0.493 e. The summed E-state index contributed by atoms with van der Waals surface area (Å²) in [7, 11) is 0. The smallest absolute Gasteiger partial charge is 0.304 e. The van der Waals surface area contributed by atoms with Gasteiger partial charge in [-0.25, -0.2) is 0 Å². The SMILES string of the molecule is CC(CC(=O)O)SCCOc1ccc(C(C)(C)C)cc1. The van der Waals surface area contributed by atoms with E-state index in [1.807, 2.05) is 19.1 Å². The minimum atomic E-state index is -0.747. The zero-order valence-electron chi connectivity index (χ0n) is 12.7. The lowest BCUT2D eigenvalue weighted by Crippen LogP contribution is -2.11. The fourth-order valence-corrected chi connectivity index (χ4v) is 2.61. The number of benzene rings is 1. The van der Waals surface area contributed by atoms with Crippen LogP contribution in [-0.2, 0) is 10.2 Å². The molecule has 1 unspecified atom stereocenters. The monoisotopic (exact) mass is 296 g/mol. The highest BCUT2D eigenvalue weighted by Crippen LogP contribution is 2.24. The summed E-state index contributed by atoms with van der Waals surface area (Å²) in [5, 5.41) is 8.79. The minimum absolute atomic E-state index is 0.124. The first-order valence-corrected chi connectivity index (χ1v) is 7.90. The highest BCUT2D eigenvalue weighted by atomic mass is 32.2. The van der Waals surface area contributed by atoms with Crippen LogP contribution >= 0.6 is 11.8 Å². The van der Waals surface area contributed by atoms with Crippen LogP contribution < -0.4 is 4.74 Å². The first kappa shape index (κ1) is 16.9. The van der Waals surface area contributed by atoms with Crippen molar-refractivity contribution in [1.82, 2.24) is 0 Å². The molecule has 0 aromatic heterocycles. The van der Waals surface area contributed by atoms with Crippen LogP contribution in [-0.4, -0.2) is 28.7 Å². The van der Waals surface area contributed by atoms with E-state index in [1.165, 1.54) is 5.56 Å². The second-order valence-corrected chi connectivity index (χ2v) is 7.45. The maximum absolute atomic E-state index is 10.5. The number of hydrogen-bond acceptors (Lipinski definition) is 3. The van der Waals surface area contributed by atoms with E-state index < -0.39 is 5.97 Å². The molecule has 1 aromatic carbocycles. The van der Waals surface area contributed by atoms with Crippen LogP contribution in [0.4, 0.5) is 0 Å². The summed E-state index contributed by atoms with van der Waals surface area (Å²) in [6.45, 7) is 9.08. The highest BCUT2D eigenvalue weighted by molar-refractivity contribution is 7.99. The van der Waals surface area contributed by atoms with E-state index in [1.54, 1.807) is 11.8 Å². The molecule has 4 heteroatoms. The molecular weight excluding hydrogens is 272 g/mol. The molecule has 0 amide bonds. The average molecular weight is 296 g/mol. The summed E-state index contributed by atoms with van der Waals surface area (Å²) in [5.41, 5.74) is 1.44. The van der Waals surface area contributed by atoms with Gasteiger partial charge in [0.2, 0.25) is 0 Å². The number of thioether (sulfide) groups is 1. The van der Waals surface area contributed by atoms with Crippen molar-refractivity contribution in [3.8, 4) is 5.75 Å². The van der Waals surface area contributed by atoms with Crippen molar-refractivity contribution < 1.29 is 14.6 Å². The third kappa shape index (κ3) is 6.33. The van der Waals surface area contributed by atoms with E-state index in [-0.39, 0.29) is 17.1 Å². The van der Waals surface area contributed by atoms with Gasteiger partial charge in [-0.3, -0.25) is 4.79 Å². The number of ether oxygens (including phenoxy) is 1. The Kier molecular flexibility index (Phi) is 6.40. The van der Waals surface area contributed by atoms with E-state index >= 15 is 0 Å². The predicted octanol–water partition coefficient (Wildman–Crippen LogP) is 3.96. The Balaban J connectivity index is 2.31. The summed E-state index contributed by atoms with van der Waals surface area (Å²) < 4.78 is 5.66. The molecule has 0 heterocycles. The van der Waals surface area contributed by atoms with Gasteiger partial charge in [0.05, 0.1) is 13.0 Å². The molecule has 20 heavy (non-hydrogen) atoms.